The van der Waals surface area contributed by atoms with Gasteiger partial charge in [0.25, 0.3) is 5.91 Å². The minimum Gasteiger partial charge on any atom is -0.375 e. The topological polar surface area (TPSA) is 101 Å². The van der Waals surface area contributed by atoms with Crippen LogP contribution in [0, 0.1) is 0 Å². The van der Waals surface area contributed by atoms with Gasteiger partial charge in [-0.15, -0.1) is 11.3 Å². The van der Waals surface area contributed by atoms with Gasteiger partial charge in [-0.05, 0) is 35.9 Å². The lowest BCUT2D eigenvalue weighted by molar-refractivity contribution is -0.117. The molecule has 0 radical (unpaired) electrons. The molecule has 9 heteroatoms. The monoisotopic (exact) mass is 477 g/mol. The van der Waals surface area contributed by atoms with Gasteiger partial charge in [-0.2, -0.15) is 0 Å². The molecule has 3 N–H and O–H groups in total. The maximum atomic E-state index is 13.1. The largest absolute Gasteiger partial charge is 0.375 e. The molecule has 0 bridgehead atoms. The molecule has 166 valence electrons. The van der Waals surface area contributed by atoms with E-state index < -0.39 is 0 Å². The number of nitrogen functional groups attached to an aromatic ring is 1. The number of carbonyl (C=O) groups excluding carboxylic acids is 2. The molecule has 4 rings (SSSR count). The van der Waals surface area contributed by atoms with Crippen LogP contribution in [0.5, 0.6) is 0 Å². The van der Waals surface area contributed by atoms with Crippen LogP contribution in [-0.4, -0.2) is 33.2 Å². The van der Waals surface area contributed by atoms with E-state index in [1.54, 1.807) is 42.7 Å². The number of rotatable bonds is 7. The lowest BCUT2D eigenvalue weighted by atomic mass is 10.1. The first-order valence-corrected chi connectivity index (χ1v) is 11.3. The van der Waals surface area contributed by atoms with Gasteiger partial charge in [-0.25, -0.2) is 4.98 Å². The van der Waals surface area contributed by atoms with E-state index in [0.717, 1.165) is 16.8 Å². The van der Waals surface area contributed by atoms with Crippen molar-refractivity contribution in [1.82, 2.24) is 14.9 Å². The summed E-state index contributed by atoms with van der Waals surface area (Å²) < 4.78 is 0. The zero-order valence-electron chi connectivity index (χ0n) is 17.4. The normalized spacial score (nSPS) is 10.6. The van der Waals surface area contributed by atoms with Gasteiger partial charge < -0.3 is 16.0 Å². The Hall–Kier alpha value is -3.75. The van der Waals surface area contributed by atoms with Gasteiger partial charge in [0, 0.05) is 46.2 Å². The highest BCUT2D eigenvalue weighted by Crippen LogP contribution is 2.24. The summed E-state index contributed by atoms with van der Waals surface area (Å²) in [4.78, 5) is 35.6. The summed E-state index contributed by atoms with van der Waals surface area (Å²) in [5.74, 6) is -0.612. The van der Waals surface area contributed by atoms with E-state index in [9.17, 15) is 9.59 Å². The van der Waals surface area contributed by atoms with Crippen molar-refractivity contribution in [2.24, 2.45) is 0 Å². The summed E-state index contributed by atoms with van der Waals surface area (Å²) in [6, 6.07) is 17.7. The second-order valence-corrected chi connectivity index (χ2v) is 8.48. The second-order valence-electron chi connectivity index (χ2n) is 7.19. The first-order valence-electron chi connectivity index (χ1n) is 10.0. The number of amides is 2. The lowest BCUT2D eigenvalue weighted by Crippen LogP contribution is -2.37. The van der Waals surface area contributed by atoms with E-state index in [4.69, 9.17) is 17.3 Å². The second kappa shape index (κ2) is 10.2. The van der Waals surface area contributed by atoms with Crippen LogP contribution >= 0.6 is 22.9 Å². The standard InChI is InChI=1S/C24H20ClN5O2S/c25-20-4-2-1-3-18(20)13-30(23(32)17-9-11-27-12-10-17)14-22(31)28-19-7-5-16(6-8-19)21-15-33-24(26)29-21/h1-12,15H,13-14H2,(H2,26,29)(H,28,31). The Morgan fingerprint density at radius 2 is 1.76 bits per heavy atom. The smallest absolute Gasteiger partial charge is 0.254 e. The van der Waals surface area contributed by atoms with Crippen molar-refractivity contribution >= 4 is 45.6 Å². The molecular weight excluding hydrogens is 458 g/mol. The molecule has 2 amide bonds. The number of hydrogen-bond donors (Lipinski definition) is 2. The molecule has 2 aromatic heterocycles. The van der Waals surface area contributed by atoms with Crippen LogP contribution in [-0.2, 0) is 11.3 Å². The molecule has 0 aliphatic heterocycles. The van der Waals surface area contributed by atoms with Gasteiger partial charge in [-0.1, -0.05) is 41.9 Å². The summed E-state index contributed by atoms with van der Waals surface area (Å²) in [6.07, 6.45) is 3.08. The molecule has 2 heterocycles. The number of nitrogens with zero attached hydrogens (tertiary/aromatic N) is 3. The van der Waals surface area contributed by atoms with Crippen molar-refractivity contribution < 1.29 is 9.59 Å². The molecule has 0 spiro atoms. The molecule has 0 saturated carbocycles. The summed E-state index contributed by atoms with van der Waals surface area (Å²) in [5.41, 5.74) is 9.18. The van der Waals surface area contributed by atoms with Crippen molar-refractivity contribution in [1.29, 1.82) is 0 Å². The summed E-state index contributed by atoms with van der Waals surface area (Å²) >= 11 is 7.66. The number of benzene rings is 2. The minimum absolute atomic E-state index is 0.142. The average molecular weight is 478 g/mol. The minimum atomic E-state index is -0.324. The number of aromatic nitrogens is 2. The van der Waals surface area contributed by atoms with Crippen LogP contribution in [0.3, 0.4) is 0 Å². The first-order chi connectivity index (χ1) is 16.0. The van der Waals surface area contributed by atoms with Crippen molar-refractivity contribution in [3.8, 4) is 11.3 Å². The van der Waals surface area contributed by atoms with Crippen LogP contribution in [0.1, 0.15) is 15.9 Å². The molecule has 0 atom stereocenters. The number of carbonyl (C=O) groups is 2. The lowest BCUT2D eigenvalue weighted by Gasteiger charge is -2.23. The Balaban J connectivity index is 1.48. The third-order valence-electron chi connectivity index (χ3n) is 4.85. The predicted molar refractivity (Wildman–Crippen MR) is 131 cm³/mol. The van der Waals surface area contributed by atoms with Gasteiger partial charge in [-0.3, -0.25) is 14.6 Å². The molecule has 0 unspecified atom stereocenters. The predicted octanol–water partition coefficient (Wildman–Crippen LogP) is 4.72. The van der Waals surface area contributed by atoms with E-state index in [1.807, 2.05) is 35.7 Å². The molecule has 0 aliphatic rings. The summed E-state index contributed by atoms with van der Waals surface area (Å²) in [5, 5.41) is 5.75. The highest BCUT2D eigenvalue weighted by molar-refractivity contribution is 7.13. The van der Waals surface area contributed by atoms with Crippen molar-refractivity contribution in [2.45, 2.75) is 6.54 Å². The molecule has 33 heavy (non-hydrogen) atoms. The quantitative estimate of drug-likeness (QED) is 0.401. The van der Waals surface area contributed by atoms with E-state index in [2.05, 4.69) is 15.3 Å². The molecule has 2 aromatic carbocycles. The zero-order chi connectivity index (χ0) is 23.2. The Morgan fingerprint density at radius 1 is 1.03 bits per heavy atom. The molecular formula is C24H20ClN5O2S. The number of thiazole rings is 1. The highest BCUT2D eigenvalue weighted by Gasteiger charge is 2.20. The van der Waals surface area contributed by atoms with E-state index in [0.29, 0.717) is 21.4 Å². The van der Waals surface area contributed by atoms with E-state index in [1.165, 1.54) is 16.2 Å². The van der Waals surface area contributed by atoms with Crippen molar-refractivity contribution in [2.75, 3.05) is 17.6 Å². The fourth-order valence-electron chi connectivity index (χ4n) is 3.23. The van der Waals surface area contributed by atoms with Gasteiger partial charge in [0.2, 0.25) is 5.91 Å². The van der Waals surface area contributed by atoms with E-state index >= 15 is 0 Å². The number of hydrogen-bond acceptors (Lipinski definition) is 6. The fourth-order valence-corrected chi connectivity index (χ4v) is 3.99. The Kier molecular flexibility index (Phi) is 6.97. The van der Waals surface area contributed by atoms with Crippen LogP contribution in [0.4, 0.5) is 10.8 Å². The Morgan fingerprint density at radius 3 is 2.42 bits per heavy atom. The van der Waals surface area contributed by atoms with Crippen LogP contribution in [0.25, 0.3) is 11.3 Å². The van der Waals surface area contributed by atoms with Crippen LogP contribution in [0.15, 0.2) is 78.4 Å². The highest BCUT2D eigenvalue weighted by atomic mass is 35.5. The van der Waals surface area contributed by atoms with Gasteiger partial charge >= 0.3 is 0 Å². The first kappa shape index (κ1) is 22.4. The third kappa shape index (κ3) is 5.74. The van der Waals surface area contributed by atoms with Gasteiger partial charge in [0.1, 0.15) is 6.54 Å². The third-order valence-corrected chi connectivity index (χ3v) is 5.90. The van der Waals surface area contributed by atoms with Gasteiger partial charge in [0.05, 0.1) is 5.69 Å². The molecule has 0 fully saturated rings. The molecule has 0 saturated heterocycles. The summed E-state index contributed by atoms with van der Waals surface area (Å²) in [7, 11) is 0. The zero-order valence-corrected chi connectivity index (χ0v) is 19.0. The van der Waals surface area contributed by atoms with Crippen molar-refractivity contribution in [3.63, 3.8) is 0 Å². The van der Waals surface area contributed by atoms with Crippen molar-refractivity contribution in [3.05, 3.63) is 94.6 Å². The molecule has 0 aliphatic carbocycles. The number of anilines is 2. The van der Waals surface area contributed by atoms with Crippen LogP contribution in [0.2, 0.25) is 5.02 Å². The Labute approximate surface area is 199 Å². The summed E-state index contributed by atoms with van der Waals surface area (Å²) in [6.45, 7) is 0.0508. The number of nitrogens with two attached hydrogens (primary N) is 1. The maximum absolute atomic E-state index is 13.1. The average Bonchev–Trinajstić information content (AvgIpc) is 3.27. The molecule has 7 nitrogen and oxygen atoms in total. The number of halogens is 1. The number of pyridine rings is 1. The number of nitrogens with one attached hydrogen (secondary N) is 1. The van der Waals surface area contributed by atoms with Crippen LogP contribution < -0.4 is 11.1 Å². The molecule has 4 aromatic rings. The van der Waals surface area contributed by atoms with E-state index in [-0.39, 0.29) is 24.9 Å². The fraction of sp³-hybridized carbons (Fsp3) is 0.0833. The Bertz CT molecular complexity index is 1260. The maximum Gasteiger partial charge on any atom is 0.254 e. The SMILES string of the molecule is Nc1nc(-c2ccc(NC(=O)CN(Cc3ccccc3Cl)C(=O)c3ccncc3)cc2)cs1. The van der Waals surface area contributed by atoms with Gasteiger partial charge in [0.15, 0.2) is 5.13 Å².